The first-order chi connectivity index (χ1) is 8.08. The average Bonchev–Trinajstić information content (AvgIpc) is 2.30. The molecule has 0 fully saturated rings. The third-order valence-electron chi connectivity index (χ3n) is 2.11. The Kier molecular flexibility index (Phi) is 8.13. The maximum atomic E-state index is 5.59. The Morgan fingerprint density at radius 1 is 1.12 bits per heavy atom. The van der Waals surface area contributed by atoms with Gasteiger partial charge in [0, 0.05) is 24.9 Å². The number of benzene rings is 1. The van der Waals surface area contributed by atoms with Crippen LogP contribution in [0.2, 0.25) is 0 Å². The maximum absolute atomic E-state index is 5.59. The smallest absolute Gasteiger partial charge is 0.180 e. The van der Waals surface area contributed by atoms with Crippen molar-refractivity contribution in [1.29, 1.82) is 0 Å². The summed E-state index contributed by atoms with van der Waals surface area (Å²) in [4.78, 5) is 0. The molecule has 96 valence electrons. The summed E-state index contributed by atoms with van der Waals surface area (Å²) < 4.78 is 19.4. The van der Waals surface area contributed by atoms with Crippen LogP contribution in [0.3, 0.4) is 0 Å². The van der Waals surface area contributed by atoms with Gasteiger partial charge in [-0.1, -0.05) is 0 Å². The van der Waals surface area contributed by atoms with Crippen molar-refractivity contribution in [2.24, 2.45) is 0 Å². The monoisotopic (exact) mass is 574 g/mol. The Morgan fingerprint density at radius 3 is 2.35 bits per heavy atom. The molecule has 1 rings (SSSR count). The van der Waals surface area contributed by atoms with Gasteiger partial charge in [0.05, 0.1) is 13.2 Å². The number of ether oxygens (including phenoxy) is 3. The number of methoxy groups -OCH3 is 2. The average molecular weight is 574 g/mol. The van der Waals surface area contributed by atoms with E-state index in [4.69, 9.17) is 14.2 Å². The summed E-state index contributed by atoms with van der Waals surface area (Å²) in [5, 5.41) is 0. The van der Waals surface area contributed by atoms with Gasteiger partial charge in [-0.05, 0) is 85.5 Å². The second-order valence-corrected chi connectivity index (χ2v) is 6.76. The molecular weight excluding hydrogens is 561 g/mol. The summed E-state index contributed by atoms with van der Waals surface area (Å²) in [7, 11) is 3.21. The zero-order valence-electron chi connectivity index (χ0n) is 9.50. The highest BCUT2D eigenvalue weighted by atomic mass is 127. The largest absolute Gasteiger partial charge is 0.371 e. The van der Waals surface area contributed by atoms with Crippen molar-refractivity contribution in [3.63, 3.8) is 0 Å². The van der Waals surface area contributed by atoms with Crippen LogP contribution in [-0.4, -0.2) is 27.1 Å². The van der Waals surface area contributed by atoms with Gasteiger partial charge < -0.3 is 14.2 Å². The number of rotatable bonds is 6. The van der Waals surface area contributed by atoms with Gasteiger partial charge in [-0.3, -0.25) is 0 Å². The molecule has 0 atom stereocenters. The Bertz CT molecular complexity index is 367. The predicted octanol–water partition coefficient (Wildman–Crippen LogP) is 3.64. The van der Waals surface area contributed by atoms with Crippen LogP contribution in [0.25, 0.3) is 0 Å². The fraction of sp³-hybridized carbons (Fsp3) is 0.455. The van der Waals surface area contributed by atoms with Crippen LogP contribution in [0.4, 0.5) is 0 Å². The molecule has 0 aliphatic heterocycles. The molecule has 0 saturated heterocycles. The Morgan fingerprint density at radius 2 is 1.76 bits per heavy atom. The molecule has 3 nitrogen and oxygen atoms in total. The van der Waals surface area contributed by atoms with Crippen molar-refractivity contribution in [2.45, 2.75) is 12.9 Å². The molecule has 17 heavy (non-hydrogen) atoms. The van der Waals surface area contributed by atoms with Gasteiger partial charge in [-0.15, -0.1) is 0 Å². The first kappa shape index (κ1) is 16.3. The lowest BCUT2D eigenvalue weighted by Gasteiger charge is -2.14. The predicted molar refractivity (Wildman–Crippen MR) is 92.1 cm³/mol. The summed E-state index contributed by atoms with van der Waals surface area (Å²) in [6, 6.07) is 4.29. The van der Waals surface area contributed by atoms with E-state index < -0.39 is 0 Å². The third kappa shape index (κ3) is 5.43. The highest BCUT2D eigenvalue weighted by molar-refractivity contribution is 14.1. The molecular formula is C11H13I3O3. The van der Waals surface area contributed by atoms with Crippen LogP contribution in [0.5, 0.6) is 0 Å². The van der Waals surface area contributed by atoms with E-state index in [0.29, 0.717) is 13.2 Å². The molecule has 0 amide bonds. The molecule has 1 aromatic carbocycles. The van der Waals surface area contributed by atoms with Crippen molar-refractivity contribution in [3.8, 4) is 0 Å². The fourth-order valence-corrected chi connectivity index (χ4v) is 3.64. The Balaban J connectivity index is 2.57. The Labute approximate surface area is 142 Å². The molecule has 0 N–H and O–H groups in total. The number of hydrogen-bond acceptors (Lipinski definition) is 3. The summed E-state index contributed by atoms with van der Waals surface area (Å²) in [6.45, 7) is 1.01. The van der Waals surface area contributed by atoms with Crippen molar-refractivity contribution in [1.82, 2.24) is 0 Å². The van der Waals surface area contributed by atoms with Crippen LogP contribution in [0.1, 0.15) is 5.56 Å². The van der Waals surface area contributed by atoms with E-state index in [2.05, 4.69) is 79.9 Å². The van der Waals surface area contributed by atoms with Crippen molar-refractivity contribution < 1.29 is 14.2 Å². The van der Waals surface area contributed by atoms with E-state index >= 15 is 0 Å². The van der Waals surface area contributed by atoms with Crippen molar-refractivity contribution >= 4 is 67.8 Å². The first-order valence-corrected chi connectivity index (χ1v) is 8.08. The highest BCUT2D eigenvalue weighted by Gasteiger charge is 2.08. The lowest BCUT2D eigenvalue weighted by atomic mass is 10.2. The molecule has 6 heteroatoms. The minimum absolute atomic E-state index is 0.297. The topological polar surface area (TPSA) is 27.7 Å². The molecule has 1 aromatic rings. The summed E-state index contributed by atoms with van der Waals surface area (Å²) >= 11 is 7.00. The van der Waals surface area contributed by atoms with Crippen LogP contribution in [0.15, 0.2) is 12.1 Å². The van der Waals surface area contributed by atoms with E-state index in [1.54, 1.807) is 14.2 Å². The van der Waals surface area contributed by atoms with Crippen LogP contribution >= 0.6 is 67.8 Å². The molecule has 0 saturated carbocycles. The normalized spacial score (nSPS) is 11.2. The third-order valence-corrected chi connectivity index (χ3v) is 5.89. The summed E-state index contributed by atoms with van der Waals surface area (Å²) in [5.74, 6) is 0. The van der Waals surface area contributed by atoms with E-state index in [1.165, 1.54) is 16.3 Å². The van der Waals surface area contributed by atoms with Crippen LogP contribution < -0.4 is 0 Å². The fourth-order valence-electron chi connectivity index (χ4n) is 1.21. The zero-order valence-corrected chi connectivity index (χ0v) is 16.0. The zero-order chi connectivity index (χ0) is 12.8. The van der Waals surface area contributed by atoms with Gasteiger partial charge in [-0.2, -0.15) is 0 Å². The molecule has 0 aliphatic carbocycles. The van der Waals surface area contributed by atoms with Crippen LogP contribution in [0, 0.1) is 10.7 Å². The standard InChI is InChI=1S/C11H13I3O3/c1-15-10(16-2)6-17-5-7-3-8(12)4-9(13)11(7)14/h3-4,10H,5-6H2,1-2H3. The molecule has 0 aliphatic rings. The van der Waals surface area contributed by atoms with Gasteiger partial charge >= 0.3 is 0 Å². The van der Waals surface area contributed by atoms with E-state index in [1.807, 2.05) is 0 Å². The van der Waals surface area contributed by atoms with Crippen LogP contribution in [-0.2, 0) is 20.8 Å². The van der Waals surface area contributed by atoms with Gasteiger partial charge in [-0.25, -0.2) is 0 Å². The van der Waals surface area contributed by atoms with E-state index in [0.717, 1.165) is 0 Å². The van der Waals surface area contributed by atoms with Crippen molar-refractivity contribution in [2.75, 3.05) is 20.8 Å². The molecule has 0 radical (unpaired) electrons. The highest BCUT2D eigenvalue weighted by Crippen LogP contribution is 2.23. The molecule has 0 aromatic heterocycles. The second kappa shape index (κ2) is 8.46. The first-order valence-electron chi connectivity index (χ1n) is 4.85. The molecule has 0 unspecified atom stereocenters. The van der Waals surface area contributed by atoms with Gasteiger partial charge in [0.1, 0.15) is 0 Å². The van der Waals surface area contributed by atoms with E-state index in [-0.39, 0.29) is 6.29 Å². The molecule has 0 heterocycles. The lowest BCUT2D eigenvalue weighted by molar-refractivity contribution is -0.142. The maximum Gasteiger partial charge on any atom is 0.180 e. The summed E-state index contributed by atoms with van der Waals surface area (Å²) in [6.07, 6.45) is -0.297. The number of halogens is 3. The SMILES string of the molecule is COC(COCc1cc(I)cc(I)c1I)OC. The van der Waals surface area contributed by atoms with Gasteiger partial charge in [0.2, 0.25) is 0 Å². The minimum Gasteiger partial charge on any atom is -0.371 e. The van der Waals surface area contributed by atoms with E-state index in [9.17, 15) is 0 Å². The minimum atomic E-state index is -0.297. The van der Waals surface area contributed by atoms with Gasteiger partial charge in [0.15, 0.2) is 6.29 Å². The summed E-state index contributed by atoms with van der Waals surface area (Å²) in [5.41, 5.74) is 1.20. The lowest BCUT2D eigenvalue weighted by Crippen LogP contribution is -2.20. The Hall–Kier alpha value is 1.29. The quantitative estimate of drug-likeness (QED) is 0.296. The number of hydrogen-bond donors (Lipinski definition) is 0. The van der Waals surface area contributed by atoms with Crippen molar-refractivity contribution in [3.05, 3.63) is 28.4 Å². The second-order valence-electron chi connectivity index (χ2n) is 3.28. The molecule has 0 bridgehead atoms. The van der Waals surface area contributed by atoms with Gasteiger partial charge in [0.25, 0.3) is 0 Å². The molecule has 0 spiro atoms.